The van der Waals surface area contributed by atoms with Crippen molar-refractivity contribution in [3.8, 4) is 5.75 Å². The second kappa shape index (κ2) is 9.17. The van der Waals surface area contributed by atoms with E-state index >= 15 is 0 Å². The van der Waals surface area contributed by atoms with E-state index in [9.17, 15) is 4.79 Å². The number of carbonyl (C=O) groups is 1. The summed E-state index contributed by atoms with van der Waals surface area (Å²) in [6.07, 6.45) is 10.3. The number of aryl methyl sites for hydroxylation is 1. The molecule has 0 aromatic heterocycles. The number of halogens is 1. The highest BCUT2D eigenvalue weighted by Gasteiger charge is 2.26. The van der Waals surface area contributed by atoms with Gasteiger partial charge in [-0.2, -0.15) is 0 Å². The first kappa shape index (κ1) is 21.0. The number of ether oxygens (including phenoxy) is 2. The first-order chi connectivity index (χ1) is 13.3. The van der Waals surface area contributed by atoms with Gasteiger partial charge in [0.25, 0.3) is 0 Å². The van der Waals surface area contributed by atoms with Crippen LogP contribution < -0.4 is 4.74 Å². The van der Waals surface area contributed by atoms with Crippen LogP contribution in [0.2, 0.25) is 0 Å². The van der Waals surface area contributed by atoms with E-state index in [0.717, 1.165) is 61.1 Å². The summed E-state index contributed by atoms with van der Waals surface area (Å²) < 4.78 is 12.7. The van der Waals surface area contributed by atoms with E-state index in [1.54, 1.807) is 4.90 Å². The summed E-state index contributed by atoms with van der Waals surface area (Å²) in [6, 6.07) is 6.22. The molecule has 0 saturated carbocycles. The van der Waals surface area contributed by atoms with Crippen LogP contribution in [0, 0.1) is 0 Å². The van der Waals surface area contributed by atoms with Crippen molar-refractivity contribution in [1.29, 1.82) is 0 Å². The average Bonchev–Trinajstić information content (AvgIpc) is 2.99. The largest absolute Gasteiger partial charge is 0.462 e. The number of amides is 1. The zero-order valence-corrected chi connectivity index (χ0v) is 18.7. The molecular weight excluding hydrogens is 418 g/mol. The minimum atomic E-state index is -0.440. The maximum absolute atomic E-state index is 12.1. The van der Waals surface area contributed by atoms with Crippen molar-refractivity contribution >= 4 is 22.0 Å². The smallest absolute Gasteiger partial charge is 0.410 e. The van der Waals surface area contributed by atoms with Crippen LogP contribution in [0.1, 0.15) is 58.4 Å². The zero-order valence-electron chi connectivity index (χ0n) is 17.1. The van der Waals surface area contributed by atoms with Crippen LogP contribution in [0.15, 0.2) is 46.2 Å². The molecule has 0 spiro atoms. The molecule has 0 N–H and O–H groups in total. The van der Waals surface area contributed by atoms with E-state index in [0.29, 0.717) is 6.54 Å². The molecule has 0 unspecified atom stereocenters. The second-order valence-electron chi connectivity index (χ2n) is 8.47. The van der Waals surface area contributed by atoms with Gasteiger partial charge in [-0.1, -0.05) is 27.6 Å². The van der Waals surface area contributed by atoms with Crippen LogP contribution in [0.4, 0.5) is 4.79 Å². The van der Waals surface area contributed by atoms with E-state index in [4.69, 9.17) is 9.47 Å². The van der Waals surface area contributed by atoms with Gasteiger partial charge in [0, 0.05) is 24.0 Å². The molecule has 1 amide bonds. The van der Waals surface area contributed by atoms with Crippen LogP contribution in [-0.2, 0) is 11.2 Å². The monoisotopic (exact) mass is 447 g/mol. The predicted molar refractivity (Wildman–Crippen MR) is 116 cm³/mol. The molecular formula is C23H30BrNO3. The number of unbranched alkanes of at least 4 members (excludes halogenated alkanes) is 1. The Morgan fingerprint density at radius 3 is 2.93 bits per heavy atom. The molecule has 2 aliphatic heterocycles. The van der Waals surface area contributed by atoms with Gasteiger partial charge in [-0.05, 0) is 82.7 Å². The fraction of sp³-hybridized carbons (Fsp3) is 0.522. The van der Waals surface area contributed by atoms with Gasteiger partial charge in [0.1, 0.15) is 17.1 Å². The molecule has 2 heterocycles. The molecule has 1 aromatic rings. The number of likely N-dealkylation sites (tertiary alicyclic amines) is 1. The van der Waals surface area contributed by atoms with Crippen LogP contribution in [-0.4, -0.2) is 29.7 Å². The number of nitrogens with zero attached hydrogens (tertiary/aromatic N) is 1. The molecule has 0 atom stereocenters. The number of allylic oxidation sites excluding steroid dienone is 3. The summed E-state index contributed by atoms with van der Waals surface area (Å²) in [5, 5.41) is 0. The Kier molecular flexibility index (Phi) is 6.86. The quantitative estimate of drug-likeness (QED) is 0.396. The van der Waals surface area contributed by atoms with E-state index < -0.39 is 5.60 Å². The molecule has 152 valence electrons. The third-order valence-electron chi connectivity index (χ3n) is 4.86. The van der Waals surface area contributed by atoms with Crippen LogP contribution >= 0.6 is 15.9 Å². The van der Waals surface area contributed by atoms with Crippen molar-refractivity contribution in [2.75, 3.05) is 13.1 Å². The standard InChI is InChI=1S/C23H30BrNO3/c1-23(2,3)28-22(26)25-14-13-17(16-25)7-4-5-9-20-10-6-8-18-15-19(24)11-12-21(18)27-20/h7,10-12,15H,4-6,8-9,13-14,16H2,1-3H3/b17-7+. The summed E-state index contributed by atoms with van der Waals surface area (Å²) in [6.45, 7) is 7.15. The molecule has 28 heavy (non-hydrogen) atoms. The number of hydrogen-bond donors (Lipinski definition) is 0. The molecule has 3 rings (SSSR count). The number of fused-ring (bicyclic) bond motifs is 1. The number of benzene rings is 1. The van der Waals surface area contributed by atoms with Gasteiger partial charge in [-0.25, -0.2) is 4.79 Å². The fourth-order valence-electron chi connectivity index (χ4n) is 3.48. The van der Waals surface area contributed by atoms with Crippen molar-refractivity contribution in [3.63, 3.8) is 0 Å². The molecule has 1 saturated heterocycles. The highest BCUT2D eigenvalue weighted by Crippen LogP contribution is 2.30. The molecule has 4 nitrogen and oxygen atoms in total. The van der Waals surface area contributed by atoms with Crippen molar-refractivity contribution in [1.82, 2.24) is 4.90 Å². The van der Waals surface area contributed by atoms with Crippen molar-refractivity contribution < 1.29 is 14.3 Å². The van der Waals surface area contributed by atoms with Crippen LogP contribution in [0.3, 0.4) is 0 Å². The average molecular weight is 448 g/mol. The summed E-state index contributed by atoms with van der Waals surface area (Å²) in [4.78, 5) is 13.9. The van der Waals surface area contributed by atoms with E-state index in [-0.39, 0.29) is 6.09 Å². The van der Waals surface area contributed by atoms with E-state index in [2.05, 4.69) is 34.1 Å². The second-order valence-corrected chi connectivity index (χ2v) is 9.39. The maximum Gasteiger partial charge on any atom is 0.410 e. The molecule has 0 radical (unpaired) electrons. The highest BCUT2D eigenvalue weighted by atomic mass is 79.9. The van der Waals surface area contributed by atoms with Gasteiger partial charge in [0.15, 0.2) is 0 Å². The molecule has 2 aliphatic rings. The third kappa shape index (κ3) is 6.13. The zero-order chi connectivity index (χ0) is 20.1. The van der Waals surface area contributed by atoms with Gasteiger partial charge in [-0.3, -0.25) is 0 Å². The minimum Gasteiger partial charge on any atom is -0.462 e. The minimum absolute atomic E-state index is 0.210. The maximum atomic E-state index is 12.1. The van der Waals surface area contributed by atoms with Crippen molar-refractivity contribution in [3.05, 3.63) is 51.7 Å². The third-order valence-corrected chi connectivity index (χ3v) is 5.35. The van der Waals surface area contributed by atoms with Gasteiger partial charge >= 0.3 is 6.09 Å². The molecule has 5 heteroatoms. The summed E-state index contributed by atoms with van der Waals surface area (Å²) in [7, 11) is 0. The van der Waals surface area contributed by atoms with E-state index in [1.165, 1.54) is 11.1 Å². The molecule has 0 bridgehead atoms. The number of carbonyl (C=O) groups excluding carboxylic acids is 1. The van der Waals surface area contributed by atoms with Crippen LogP contribution in [0.5, 0.6) is 5.75 Å². The fourth-order valence-corrected chi connectivity index (χ4v) is 3.89. The Bertz CT molecular complexity index is 777. The Labute approximate surface area is 176 Å². The molecule has 1 aromatic carbocycles. The molecule has 1 fully saturated rings. The van der Waals surface area contributed by atoms with Crippen molar-refractivity contribution in [2.45, 2.75) is 64.9 Å². The number of rotatable bonds is 4. The van der Waals surface area contributed by atoms with Crippen molar-refractivity contribution in [2.24, 2.45) is 0 Å². The predicted octanol–water partition coefficient (Wildman–Crippen LogP) is 6.40. The molecule has 0 aliphatic carbocycles. The van der Waals surface area contributed by atoms with Gasteiger partial charge < -0.3 is 14.4 Å². The normalized spacial score (nSPS) is 18.4. The first-order valence-electron chi connectivity index (χ1n) is 10.1. The Hall–Kier alpha value is -1.75. The van der Waals surface area contributed by atoms with Crippen LogP contribution in [0.25, 0.3) is 0 Å². The summed E-state index contributed by atoms with van der Waals surface area (Å²) in [5.74, 6) is 2.05. The Balaban J connectivity index is 1.44. The van der Waals surface area contributed by atoms with Gasteiger partial charge in [0.05, 0.1) is 0 Å². The Morgan fingerprint density at radius 2 is 2.14 bits per heavy atom. The lowest BCUT2D eigenvalue weighted by Gasteiger charge is -2.23. The first-order valence-corrected chi connectivity index (χ1v) is 10.9. The Morgan fingerprint density at radius 1 is 1.32 bits per heavy atom. The summed E-state index contributed by atoms with van der Waals surface area (Å²) >= 11 is 3.53. The topological polar surface area (TPSA) is 38.8 Å². The number of hydrogen-bond acceptors (Lipinski definition) is 3. The van der Waals surface area contributed by atoms with E-state index in [1.807, 2.05) is 32.9 Å². The van der Waals surface area contributed by atoms with Gasteiger partial charge in [-0.15, -0.1) is 0 Å². The lowest BCUT2D eigenvalue weighted by Crippen LogP contribution is -2.34. The lowest BCUT2D eigenvalue weighted by atomic mass is 10.1. The lowest BCUT2D eigenvalue weighted by molar-refractivity contribution is 0.0299. The SMILES string of the molecule is CC(C)(C)OC(=O)N1CC/C(=C\CCCC2=CCCc3cc(Br)ccc3O2)C1. The highest BCUT2D eigenvalue weighted by molar-refractivity contribution is 9.10. The van der Waals surface area contributed by atoms with Gasteiger partial charge in [0.2, 0.25) is 0 Å². The summed E-state index contributed by atoms with van der Waals surface area (Å²) in [5.41, 5.74) is 2.15.